The fourth-order valence-electron chi connectivity index (χ4n) is 2.42. The Balaban J connectivity index is 2.24. The molecule has 2 rings (SSSR count). The van der Waals surface area contributed by atoms with Gasteiger partial charge >= 0.3 is 5.97 Å². The minimum atomic E-state index is -1.44. The van der Waals surface area contributed by atoms with Crippen LogP contribution in [-0.2, 0) is 28.4 Å². The van der Waals surface area contributed by atoms with Crippen molar-refractivity contribution in [2.45, 2.75) is 49.2 Å². The Bertz CT molecular complexity index is 482. The molecule has 1 aliphatic rings. The van der Waals surface area contributed by atoms with Gasteiger partial charge in [0.05, 0.1) is 10.8 Å². The van der Waals surface area contributed by atoms with Gasteiger partial charge in [-0.25, -0.2) is 0 Å². The van der Waals surface area contributed by atoms with Crippen LogP contribution < -0.4 is 0 Å². The predicted octanol–water partition coefficient (Wildman–Crippen LogP) is 2.54. The zero-order valence-corrected chi connectivity index (χ0v) is 11.3. The van der Waals surface area contributed by atoms with Gasteiger partial charge in [-0.2, -0.15) is 0 Å². The molecule has 18 heavy (non-hydrogen) atoms. The molecule has 0 aliphatic heterocycles. The van der Waals surface area contributed by atoms with Crippen LogP contribution in [0.25, 0.3) is 0 Å². The minimum Gasteiger partial charge on any atom is -0.480 e. The number of hydrogen-bond donors (Lipinski definition) is 1. The maximum atomic E-state index is 12.3. The van der Waals surface area contributed by atoms with Crippen LogP contribution in [-0.4, -0.2) is 20.5 Å². The van der Waals surface area contributed by atoms with Gasteiger partial charge in [0, 0.05) is 4.90 Å². The van der Waals surface area contributed by atoms with Gasteiger partial charge in [0.25, 0.3) is 0 Å². The molecule has 0 heterocycles. The first-order valence-electron chi connectivity index (χ1n) is 6.38. The summed E-state index contributed by atoms with van der Waals surface area (Å²) < 4.78 is 12.3. The topological polar surface area (TPSA) is 54.4 Å². The summed E-state index contributed by atoms with van der Waals surface area (Å²) in [6.07, 6.45) is 4.43. The third kappa shape index (κ3) is 2.64. The van der Waals surface area contributed by atoms with E-state index in [9.17, 15) is 9.00 Å². The average molecular weight is 266 g/mol. The second-order valence-electron chi connectivity index (χ2n) is 4.70. The largest absolute Gasteiger partial charge is 0.480 e. The summed E-state index contributed by atoms with van der Waals surface area (Å²) in [5.74, 6) is -0.962. The van der Waals surface area contributed by atoms with Crippen molar-refractivity contribution in [3.63, 3.8) is 0 Å². The normalized spacial score (nSPS) is 17.2. The summed E-state index contributed by atoms with van der Waals surface area (Å²) in [6.45, 7) is 1.91. The molecule has 2 atom stereocenters. The van der Waals surface area contributed by atoms with Crippen LogP contribution in [0.4, 0.5) is 0 Å². The van der Waals surface area contributed by atoms with Gasteiger partial charge < -0.3 is 5.11 Å². The highest BCUT2D eigenvalue weighted by atomic mass is 32.2. The van der Waals surface area contributed by atoms with Crippen molar-refractivity contribution in [3.8, 4) is 0 Å². The monoisotopic (exact) mass is 266 g/mol. The number of carboxylic acids is 1. The lowest BCUT2D eigenvalue weighted by atomic mass is 10.1. The van der Waals surface area contributed by atoms with E-state index in [1.165, 1.54) is 11.1 Å². The summed E-state index contributed by atoms with van der Waals surface area (Å²) >= 11 is 0. The molecule has 0 aromatic heterocycles. The molecule has 1 aromatic carbocycles. The molecule has 0 spiro atoms. The maximum Gasteiger partial charge on any atom is 0.319 e. The van der Waals surface area contributed by atoms with Gasteiger partial charge in [-0.1, -0.05) is 19.4 Å². The summed E-state index contributed by atoms with van der Waals surface area (Å²) in [6, 6.07) is 5.76. The van der Waals surface area contributed by atoms with E-state index in [4.69, 9.17) is 5.11 Å². The SMILES string of the molecule is CCCC(C(=O)O)S(=O)c1ccc2c(c1)CCC2. The molecule has 0 saturated carbocycles. The smallest absolute Gasteiger partial charge is 0.319 e. The second-order valence-corrected chi connectivity index (χ2v) is 6.33. The average Bonchev–Trinajstić information content (AvgIpc) is 2.81. The summed E-state index contributed by atoms with van der Waals surface area (Å²) in [7, 11) is -1.44. The summed E-state index contributed by atoms with van der Waals surface area (Å²) in [4.78, 5) is 11.8. The molecule has 1 aliphatic carbocycles. The van der Waals surface area contributed by atoms with E-state index >= 15 is 0 Å². The van der Waals surface area contributed by atoms with Gasteiger partial charge in [0.1, 0.15) is 5.25 Å². The molecule has 0 saturated heterocycles. The number of carboxylic acid groups (broad SMARTS) is 1. The number of fused-ring (bicyclic) bond motifs is 1. The summed E-state index contributed by atoms with van der Waals surface area (Å²) in [5, 5.41) is 8.35. The lowest BCUT2D eigenvalue weighted by Gasteiger charge is -2.12. The third-order valence-corrected chi connectivity index (χ3v) is 5.06. The minimum absolute atomic E-state index is 0.457. The lowest BCUT2D eigenvalue weighted by molar-refractivity contribution is -0.136. The third-order valence-electron chi connectivity index (χ3n) is 3.39. The number of aliphatic carboxylic acids is 1. The standard InChI is InChI=1S/C14H18O3S/c1-2-4-13(14(15)16)18(17)12-8-7-10-5-3-6-11(10)9-12/h7-9,13H,2-6H2,1H3,(H,15,16). The van der Waals surface area contributed by atoms with Gasteiger partial charge in [0.15, 0.2) is 0 Å². The van der Waals surface area contributed by atoms with Crippen molar-refractivity contribution >= 4 is 16.8 Å². The summed E-state index contributed by atoms with van der Waals surface area (Å²) in [5.41, 5.74) is 2.56. The highest BCUT2D eigenvalue weighted by molar-refractivity contribution is 7.86. The highest BCUT2D eigenvalue weighted by Crippen LogP contribution is 2.25. The first-order chi connectivity index (χ1) is 8.63. The molecule has 4 heteroatoms. The molecule has 0 fully saturated rings. The Morgan fingerprint density at radius 3 is 2.78 bits per heavy atom. The number of aryl methyl sites for hydroxylation is 2. The highest BCUT2D eigenvalue weighted by Gasteiger charge is 2.25. The zero-order chi connectivity index (χ0) is 13.1. The van der Waals surface area contributed by atoms with Crippen molar-refractivity contribution in [1.29, 1.82) is 0 Å². The van der Waals surface area contributed by atoms with Crippen LogP contribution in [0.1, 0.15) is 37.3 Å². The fraction of sp³-hybridized carbons (Fsp3) is 0.500. The Morgan fingerprint density at radius 1 is 1.39 bits per heavy atom. The number of rotatable bonds is 5. The van der Waals surface area contributed by atoms with E-state index in [1.54, 1.807) is 0 Å². The molecular formula is C14H18O3S. The first-order valence-corrected chi connectivity index (χ1v) is 7.60. The van der Waals surface area contributed by atoms with Crippen LogP contribution in [0.3, 0.4) is 0 Å². The fourth-order valence-corrected chi connectivity index (χ4v) is 3.84. The van der Waals surface area contributed by atoms with Crippen LogP contribution in [0.15, 0.2) is 23.1 Å². The van der Waals surface area contributed by atoms with Gasteiger partial charge in [-0.15, -0.1) is 0 Å². The van der Waals surface area contributed by atoms with Gasteiger partial charge in [-0.3, -0.25) is 9.00 Å². The van der Waals surface area contributed by atoms with Crippen molar-refractivity contribution in [3.05, 3.63) is 29.3 Å². The van der Waals surface area contributed by atoms with E-state index in [-0.39, 0.29) is 0 Å². The molecule has 98 valence electrons. The Morgan fingerprint density at radius 2 is 2.11 bits per heavy atom. The first kappa shape index (κ1) is 13.3. The van der Waals surface area contributed by atoms with Crippen LogP contribution in [0.2, 0.25) is 0 Å². The van der Waals surface area contributed by atoms with Crippen LogP contribution in [0, 0.1) is 0 Å². The predicted molar refractivity (Wildman–Crippen MR) is 71.2 cm³/mol. The van der Waals surface area contributed by atoms with E-state index in [2.05, 4.69) is 0 Å². The maximum absolute atomic E-state index is 12.3. The molecular weight excluding hydrogens is 248 g/mol. The Labute approximate surface area is 110 Å². The van der Waals surface area contributed by atoms with Crippen molar-refractivity contribution in [2.24, 2.45) is 0 Å². The van der Waals surface area contributed by atoms with E-state index in [1.807, 2.05) is 25.1 Å². The molecule has 0 bridgehead atoms. The quantitative estimate of drug-likeness (QED) is 0.891. The molecule has 1 N–H and O–H groups in total. The molecule has 2 unspecified atom stereocenters. The molecule has 0 radical (unpaired) electrons. The Hall–Kier alpha value is -1.16. The van der Waals surface area contributed by atoms with Crippen LogP contribution in [0.5, 0.6) is 0 Å². The zero-order valence-electron chi connectivity index (χ0n) is 10.5. The van der Waals surface area contributed by atoms with E-state index < -0.39 is 22.0 Å². The van der Waals surface area contributed by atoms with Crippen LogP contribution >= 0.6 is 0 Å². The number of carbonyl (C=O) groups is 1. The van der Waals surface area contributed by atoms with E-state index in [0.717, 1.165) is 25.7 Å². The molecule has 1 aromatic rings. The molecule has 3 nitrogen and oxygen atoms in total. The number of hydrogen-bond acceptors (Lipinski definition) is 2. The second kappa shape index (κ2) is 5.65. The van der Waals surface area contributed by atoms with Gasteiger partial charge in [-0.05, 0) is 48.9 Å². The Kier molecular flexibility index (Phi) is 4.17. The van der Waals surface area contributed by atoms with Crippen molar-refractivity contribution in [1.82, 2.24) is 0 Å². The lowest BCUT2D eigenvalue weighted by Crippen LogP contribution is -2.25. The van der Waals surface area contributed by atoms with Crippen molar-refractivity contribution in [2.75, 3.05) is 0 Å². The number of benzene rings is 1. The van der Waals surface area contributed by atoms with Gasteiger partial charge in [0.2, 0.25) is 0 Å². The van der Waals surface area contributed by atoms with Crippen molar-refractivity contribution < 1.29 is 14.1 Å². The molecule has 0 amide bonds. The van der Waals surface area contributed by atoms with E-state index in [0.29, 0.717) is 11.3 Å².